The van der Waals surface area contributed by atoms with Crippen LogP contribution in [0.4, 0.5) is 13.2 Å². The van der Waals surface area contributed by atoms with Crippen LogP contribution in [0.3, 0.4) is 0 Å². The Balaban J connectivity index is 2.15. The first-order valence-electron chi connectivity index (χ1n) is 6.55. The van der Waals surface area contributed by atoms with Gasteiger partial charge in [0.15, 0.2) is 0 Å². The number of likely N-dealkylation sites (N-methyl/N-ethyl adjacent to an activating group) is 1. The number of hydrogen-bond acceptors (Lipinski definition) is 1. The molecule has 0 aromatic heterocycles. The molecule has 0 aliphatic rings. The Hall–Kier alpha value is -1.52. The monoisotopic (exact) mass is 313 g/mol. The molecule has 0 saturated heterocycles. The minimum Gasteiger partial charge on any atom is -0.316 e. The Morgan fingerprint density at radius 3 is 2.43 bits per heavy atom. The van der Waals surface area contributed by atoms with Crippen LogP contribution in [0.2, 0.25) is 5.02 Å². The molecule has 2 rings (SSSR count). The highest BCUT2D eigenvalue weighted by molar-refractivity contribution is 6.30. The average Bonchev–Trinajstić information content (AvgIpc) is 2.45. The van der Waals surface area contributed by atoms with Crippen molar-refractivity contribution in [2.24, 2.45) is 0 Å². The number of halogens is 4. The highest BCUT2D eigenvalue weighted by Crippen LogP contribution is 2.20. The fourth-order valence-electron chi connectivity index (χ4n) is 2.20. The molecule has 21 heavy (non-hydrogen) atoms. The first-order chi connectivity index (χ1) is 10.0. The van der Waals surface area contributed by atoms with E-state index in [0.717, 1.165) is 6.07 Å². The summed E-state index contributed by atoms with van der Waals surface area (Å²) in [5, 5.41) is 3.08. The SMILES string of the molecule is CNC(Cc1ccc(F)cc1F)Cc1cccc(Cl)c1F. The molecule has 2 aromatic rings. The van der Waals surface area contributed by atoms with E-state index < -0.39 is 17.5 Å². The lowest BCUT2D eigenvalue weighted by atomic mass is 9.98. The van der Waals surface area contributed by atoms with Gasteiger partial charge in [0.25, 0.3) is 0 Å². The molecular weight excluding hydrogens is 299 g/mol. The second-order valence-electron chi connectivity index (χ2n) is 4.84. The summed E-state index contributed by atoms with van der Waals surface area (Å²) < 4.78 is 40.4. The maximum Gasteiger partial charge on any atom is 0.145 e. The van der Waals surface area contributed by atoms with E-state index in [2.05, 4.69) is 5.32 Å². The Labute approximate surface area is 126 Å². The van der Waals surface area contributed by atoms with E-state index >= 15 is 0 Å². The molecule has 0 aliphatic carbocycles. The van der Waals surface area contributed by atoms with Crippen molar-refractivity contribution in [3.63, 3.8) is 0 Å². The second kappa shape index (κ2) is 6.96. The zero-order valence-electron chi connectivity index (χ0n) is 11.5. The van der Waals surface area contributed by atoms with E-state index in [9.17, 15) is 13.2 Å². The first kappa shape index (κ1) is 15.9. The van der Waals surface area contributed by atoms with E-state index in [1.54, 1.807) is 19.2 Å². The van der Waals surface area contributed by atoms with Crippen molar-refractivity contribution >= 4 is 11.6 Å². The summed E-state index contributed by atoms with van der Waals surface area (Å²) in [6.45, 7) is 0. The molecule has 5 heteroatoms. The molecule has 1 unspecified atom stereocenters. The summed E-state index contributed by atoms with van der Waals surface area (Å²) in [6, 6.07) is 8.08. The van der Waals surface area contributed by atoms with Gasteiger partial charge in [-0.15, -0.1) is 0 Å². The van der Waals surface area contributed by atoms with Crippen molar-refractivity contribution in [3.05, 3.63) is 70.0 Å². The summed E-state index contributed by atoms with van der Waals surface area (Å²) in [4.78, 5) is 0. The van der Waals surface area contributed by atoms with Crippen molar-refractivity contribution in [2.45, 2.75) is 18.9 Å². The number of rotatable bonds is 5. The van der Waals surface area contributed by atoms with Crippen LogP contribution in [-0.4, -0.2) is 13.1 Å². The second-order valence-corrected chi connectivity index (χ2v) is 5.25. The van der Waals surface area contributed by atoms with Crippen LogP contribution < -0.4 is 5.32 Å². The number of hydrogen-bond donors (Lipinski definition) is 1. The molecule has 0 bridgehead atoms. The van der Waals surface area contributed by atoms with Gasteiger partial charge in [-0.3, -0.25) is 0 Å². The van der Waals surface area contributed by atoms with Gasteiger partial charge in [0.1, 0.15) is 17.5 Å². The van der Waals surface area contributed by atoms with Crippen molar-refractivity contribution in [1.82, 2.24) is 5.32 Å². The number of benzene rings is 2. The van der Waals surface area contributed by atoms with E-state index in [4.69, 9.17) is 11.6 Å². The smallest absolute Gasteiger partial charge is 0.145 e. The molecule has 0 spiro atoms. The Morgan fingerprint density at radius 2 is 1.76 bits per heavy atom. The fraction of sp³-hybridized carbons (Fsp3) is 0.250. The third-order valence-corrected chi connectivity index (χ3v) is 3.68. The largest absolute Gasteiger partial charge is 0.316 e. The molecule has 1 nitrogen and oxygen atoms in total. The van der Waals surface area contributed by atoms with Crippen LogP contribution in [0.15, 0.2) is 36.4 Å². The maximum atomic E-state index is 13.9. The van der Waals surface area contributed by atoms with E-state index in [-0.39, 0.29) is 11.1 Å². The summed E-state index contributed by atoms with van der Waals surface area (Å²) in [7, 11) is 1.72. The summed E-state index contributed by atoms with van der Waals surface area (Å²) in [5.74, 6) is -1.67. The van der Waals surface area contributed by atoms with Crippen molar-refractivity contribution < 1.29 is 13.2 Å². The molecule has 0 fully saturated rings. The predicted octanol–water partition coefficient (Wildman–Crippen LogP) is 4.13. The molecule has 1 N–H and O–H groups in total. The zero-order chi connectivity index (χ0) is 15.4. The lowest BCUT2D eigenvalue weighted by Crippen LogP contribution is -2.30. The number of nitrogens with one attached hydrogen (secondary N) is 1. The van der Waals surface area contributed by atoms with Crippen molar-refractivity contribution in [2.75, 3.05) is 7.05 Å². The molecule has 0 amide bonds. The third-order valence-electron chi connectivity index (χ3n) is 3.39. The van der Waals surface area contributed by atoms with Gasteiger partial charge < -0.3 is 5.32 Å². The van der Waals surface area contributed by atoms with Gasteiger partial charge in [-0.2, -0.15) is 0 Å². The van der Waals surface area contributed by atoms with Gasteiger partial charge in [0.2, 0.25) is 0 Å². The molecule has 0 saturated carbocycles. The molecule has 1 atom stereocenters. The quantitative estimate of drug-likeness (QED) is 0.875. The lowest BCUT2D eigenvalue weighted by Gasteiger charge is -2.17. The van der Waals surface area contributed by atoms with E-state index in [1.807, 2.05) is 0 Å². The topological polar surface area (TPSA) is 12.0 Å². The Morgan fingerprint density at radius 1 is 1.05 bits per heavy atom. The average molecular weight is 314 g/mol. The molecule has 2 aromatic carbocycles. The van der Waals surface area contributed by atoms with Crippen molar-refractivity contribution in [1.29, 1.82) is 0 Å². The molecule has 0 radical (unpaired) electrons. The molecule has 0 aliphatic heterocycles. The molecular formula is C16H15ClF3N. The normalized spacial score (nSPS) is 12.4. The predicted molar refractivity (Wildman–Crippen MR) is 78.0 cm³/mol. The maximum absolute atomic E-state index is 13.9. The van der Waals surface area contributed by atoms with Crippen LogP contribution in [0, 0.1) is 17.5 Å². The molecule has 0 heterocycles. The minimum absolute atomic E-state index is 0.0651. The fourth-order valence-corrected chi connectivity index (χ4v) is 2.39. The van der Waals surface area contributed by atoms with Gasteiger partial charge in [0, 0.05) is 12.1 Å². The highest BCUT2D eigenvalue weighted by Gasteiger charge is 2.15. The van der Waals surface area contributed by atoms with Gasteiger partial charge in [-0.25, -0.2) is 13.2 Å². The van der Waals surface area contributed by atoms with Crippen LogP contribution in [0.1, 0.15) is 11.1 Å². The van der Waals surface area contributed by atoms with Crippen LogP contribution in [0.25, 0.3) is 0 Å². The molecule has 112 valence electrons. The highest BCUT2D eigenvalue weighted by atomic mass is 35.5. The van der Waals surface area contributed by atoms with Crippen LogP contribution in [0.5, 0.6) is 0 Å². The minimum atomic E-state index is -0.613. The van der Waals surface area contributed by atoms with Gasteiger partial charge in [-0.05, 0) is 43.1 Å². The van der Waals surface area contributed by atoms with Crippen molar-refractivity contribution in [3.8, 4) is 0 Å². The van der Waals surface area contributed by atoms with E-state index in [1.165, 1.54) is 18.2 Å². The summed E-state index contributed by atoms with van der Waals surface area (Å²) in [6.07, 6.45) is 0.689. The summed E-state index contributed by atoms with van der Waals surface area (Å²) in [5.41, 5.74) is 0.850. The Bertz CT molecular complexity index is 631. The summed E-state index contributed by atoms with van der Waals surface area (Å²) >= 11 is 5.75. The zero-order valence-corrected chi connectivity index (χ0v) is 12.2. The first-order valence-corrected chi connectivity index (χ1v) is 6.93. The standard InChI is InChI=1S/C16H15ClF3N/c1-21-13(7-10-5-6-12(18)9-15(10)19)8-11-3-2-4-14(17)16(11)20/h2-6,9,13,21H,7-8H2,1H3. The van der Waals surface area contributed by atoms with Gasteiger partial charge >= 0.3 is 0 Å². The Kier molecular flexibility index (Phi) is 5.26. The lowest BCUT2D eigenvalue weighted by molar-refractivity contribution is 0.512. The van der Waals surface area contributed by atoms with Crippen LogP contribution in [-0.2, 0) is 12.8 Å². The van der Waals surface area contributed by atoms with Gasteiger partial charge in [0.05, 0.1) is 5.02 Å². The van der Waals surface area contributed by atoms with Crippen LogP contribution >= 0.6 is 11.6 Å². The van der Waals surface area contributed by atoms with E-state index in [0.29, 0.717) is 24.0 Å². The van der Waals surface area contributed by atoms with Gasteiger partial charge in [-0.1, -0.05) is 29.8 Å². The third kappa shape index (κ3) is 3.99.